The van der Waals surface area contributed by atoms with Gasteiger partial charge in [-0.25, -0.2) is 0 Å². The van der Waals surface area contributed by atoms with Gasteiger partial charge in [-0.3, -0.25) is 4.79 Å². The van der Waals surface area contributed by atoms with Crippen molar-refractivity contribution in [2.75, 3.05) is 46.4 Å². The molecular formula is C18H30N2O2. The SMILES string of the molecule is CN1C[C@H](COCC2CC2)[C@@]2(CCN(C(=O)CC3CC3)C2)C1. The van der Waals surface area contributed by atoms with Gasteiger partial charge in [-0.2, -0.15) is 0 Å². The van der Waals surface area contributed by atoms with Gasteiger partial charge in [-0.15, -0.1) is 0 Å². The molecule has 0 aromatic carbocycles. The zero-order valence-electron chi connectivity index (χ0n) is 13.9. The van der Waals surface area contributed by atoms with E-state index in [2.05, 4.69) is 16.8 Å². The second-order valence-corrected chi connectivity index (χ2v) is 8.45. The summed E-state index contributed by atoms with van der Waals surface area (Å²) < 4.78 is 6.02. The fourth-order valence-corrected chi connectivity index (χ4v) is 4.46. The molecule has 0 bridgehead atoms. The number of hydrogen-bond donors (Lipinski definition) is 0. The molecule has 2 saturated carbocycles. The second-order valence-electron chi connectivity index (χ2n) is 8.45. The van der Waals surface area contributed by atoms with Gasteiger partial charge in [-0.1, -0.05) is 0 Å². The van der Waals surface area contributed by atoms with Crippen LogP contribution in [0.15, 0.2) is 0 Å². The van der Waals surface area contributed by atoms with Crippen LogP contribution < -0.4 is 0 Å². The van der Waals surface area contributed by atoms with Gasteiger partial charge < -0.3 is 14.5 Å². The molecule has 22 heavy (non-hydrogen) atoms. The standard InChI is InChI=1S/C18H30N2O2/c1-19-9-16(11-22-10-15-4-5-15)18(12-19)6-7-20(13-18)17(21)8-14-2-3-14/h14-16H,2-13H2,1H3/t16-,18+/m1/s1. The molecule has 0 N–H and O–H groups in total. The van der Waals surface area contributed by atoms with Crippen LogP contribution in [-0.4, -0.2) is 62.1 Å². The average molecular weight is 306 g/mol. The van der Waals surface area contributed by atoms with E-state index in [9.17, 15) is 4.79 Å². The second kappa shape index (κ2) is 5.79. The number of rotatable bonds is 6. The van der Waals surface area contributed by atoms with Crippen LogP contribution in [0.4, 0.5) is 0 Å². The van der Waals surface area contributed by atoms with E-state index in [0.717, 1.165) is 51.7 Å². The molecule has 0 aromatic rings. The Morgan fingerprint density at radius 2 is 1.91 bits per heavy atom. The summed E-state index contributed by atoms with van der Waals surface area (Å²) in [7, 11) is 2.22. The van der Waals surface area contributed by atoms with Crippen molar-refractivity contribution >= 4 is 5.91 Å². The Balaban J connectivity index is 1.34. The quantitative estimate of drug-likeness (QED) is 0.752. The van der Waals surface area contributed by atoms with Gasteiger partial charge in [0.2, 0.25) is 5.91 Å². The van der Waals surface area contributed by atoms with E-state index in [1.807, 2.05) is 0 Å². The minimum Gasteiger partial charge on any atom is -0.381 e. The Hall–Kier alpha value is -0.610. The van der Waals surface area contributed by atoms with Crippen molar-refractivity contribution in [1.29, 1.82) is 0 Å². The van der Waals surface area contributed by atoms with Crippen LogP contribution in [-0.2, 0) is 9.53 Å². The van der Waals surface area contributed by atoms with Crippen LogP contribution >= 0.6 is 0 Å². The summed E-state index contributed by atoms with van der Waals surface area (Å²) in [5.74, 6) is 2.56. The van der Waals surface area contributed by atoms with Crippen molar-refractivity contribution in [2.24, 2.45) is 23.2 Å². The first kappa shape index (κ1) is 14.9. The molecule has 2 aliphatic carbocycles. The molecule has 0 radical (unpaired) electrons. The Morgan fingerprint density at radius 3 is 2.64 bits per heavy atom. The van der Waals surface area contributed by atoms with Crippen LogP contribution in [0.1, 0.15) is 38.5 Å². The molecule has 4 nitrogen and oxygen atoms in total. The highest BCUT2D eigenvalue weighted by Crippen LogP contribution is 2.44. The summed E-state index contributed by atoms with van der Waals surface area (Å²) in [6.45, 7) is 6.07. The summed E-state index contributed by atoms with van der Waals surface area (Å²) in [6, 6.07) is 0. The van der Waals surface area contributed by atoms with Crippen molar-refractivity contribution in [3.8, 4) is 0 Å². The zero-order valence-corrected chi connectivity index (χ0v) is 13.9. The normalized spacial score (nSPS) is 35.7. The third-order valence-electron chi connectivity index (χ3n) is 6.25. The van der Waals surface area contributed by atoms with Gasteiger partial charge >= 0.3 is 0 Å². The molecule has 4 aliphatic rings. The van der Waals surface area contributed by atoms with Crippen molar-refractivity contribution in [3.63, 3.8) is 0 Å². The summed E-state index contributed by atoms with van der Waals surface area (Å²) in [6.07, 6.45) is 7.23. The summed E-state index contributed by atoms with van der Waals surface area (Å²) in [5, 5.41) is 0. The molecule has 124 valence electrons. The Bertz CT molecular complexity index is 433. The number of amides is 1. The number of carbonyl (C=O) groups excluding carboxylic acids is 1. The first-order valence-corrected chi connectivity index (χ1v) is 9.19. The van der Waals surface area contributed by atoms with Crippen LogP contribution in [0.5, 0.6) is 0 Å². The Labute approximate surface area is 134 Å². The highest BCUT2D eigenvalue weighted by Gasteiger charge is 2.50. The van der Waals surface area contributed by atoms with Gasteiger partial charge in [-0.05, 0) is 51.0 Å². The lowest BCUT2D eigenvalue weighted by atomic mass is 9.77. The number of carbonyl (C=O) groups is 1. The first-order chi connectivity index (χ1) is 10.6. The summed E-state index contributed by atoms with van der Waals surface area (Å²) in [4.78, 5) is 17.0. The van der Waals surface area contributed by atoms with Crippen molar-refractivity contribution in [2.45, 2.75) is 38.5 Å². The molecule has 2 saturated heterocycles. The lowest BCUT2D eigenvalue weighted by molar-refractivity contribution is -0.131. The number of hydrogen-bond acceptors (Lipinski definition) is 3. The van der Waals surface area contributed by atoms with E-state index in [-0.39, 0.29) is 0 Å². The molecule has 0 unspecified atom stereocenters. The third kappa shape index (κ3) is 3.18. The number of nitrogens with zero attached hydrogens (tertiary/aromatic N) is 2. The Kier molecular flexibility index (Phi) is 3.93. The molecule has 4 fully saturated rings. The highest BCUT2D eigenvalue weighted by atomic mass is 16.5. The van der Waals surface area contributed by atoms with Crippen LogP contribution in [0.3, 0.4) is 0 Å². The van der Waals surface area contributed by atoms with Gasteiger partial charge in [0.15, 0.2) is 0 Å². The average Bonchev–Trinajstić information content (AvgIpc) is 3.39. The number of likely N-dealkylation sites (tertiary alicyclic amines) is 2. The maximum absolute atomic E-state index is 12.4. The maximum atomic E-state index is 12.4. The molecule has 1 amide bonds. The molecule has 2 atom stereocenters. The van der Waals surface area contributed by atoms with Crippen LogP contribution in [0.25, 0.3) is 0 Å². The molecule has 4 heteroatoms. The molecule has 0 aromatic heterocycles. The van der Waals surface area contributed by atoms with Crippen molar-refractivity contribution in [1.82, 2.24) is 9.80 Å². The number of ether oxygens (including phenoxy) is 1. The minimum atomic E-state index is 0.303. The van der Waals surface area contributed by atoms with Crippen LogP contribution in [0, 0.1) is 23.2 Å². The highest BCUT2D eigenvalue weighted by molar-refractivity contribution is 5.77. The summed E-state index contributed by atoms with van der Waals surface area (Å²) in [5.41, 5.74) is 0.303. The third-order valence-corrected chi connectivity index (χ3v) is 6.25. The van der Waals surface area contributed by atoms with E-state index in [0.29, 0.717) is 23.2 Å². The molecule has 2 heterocycles. The van der Waals surface area contributed by atoms with E-state index >= 15 is 0 Å². The molecule has 2 aliphatic heterocycles. The van der Waals surface area contributed by atoms with Crippen molar-refractivity contribution in [3.05, 3.63) is 0 Å². The fourth-order valence-electron chi connectivity index (χ4n) is 4.46. The predicted molar refractivity (Wildman–Crippen MR) is 85.5 cm³/mol. The minimum absolute atomic E-state index is 0.303. The van der Waals surface area contributed by atoms with Gasteiger partial charge in [0, 0.05) is 50.5 Å². The topological polar surface area (TPSA) is 32.8 Å². The predicted octanol–water partition coefficient (Wildman–Crippen LogP) is 1.99. The van der Waals surface area contributed by atoms with E-state index < -0.39 is 0 Å². The van der Waals surface area contributed by atoms with E-state index in [1.54, 1.807) is 0 Å². The lowest BCUT2D eigenvalue weighted by Gasteiger charge is -2.30. The first-order valence-electron chi connectivity index (χ1n) is 9.19. The molecule has 1 spiro atoms. The van der Waals surface area contributed by atoms with Gasteiger partial charge in [0.1, 0.15) is 0 Å². The van der Waals surface area contributed by atoms with Gasteiger partial charge in [0.05, 0.1) is 6.61 Å². The zero-order chi connectivity index (χ0) is 15.2. The van der Waals surface area contributed by atoms with Crippen molar-refractivity contribution < 1.29 is 9.53 Å². The van der Waals surface area contributed by atoms with E-state index in [4.69, 9.17) is 4.74 Å². The molecular weight excluding hydrogens is 276 g/mol. The maximum Gasteiger partial charge on any atom is 0.222 e. The molecule has 4 rings (SSSR count). The lowest BCUT2D eigenvalue weighted by Crippen LogP contribution is -2.38. The van der Waals surface area contributed by atoms with E-state index in [1.165, 1.54) is 32.1 Å². The largest absolute Gasteiger partial charge is 0.381 e. The van der Waals surface area contributed by atoms with Gasteiger partial charge in [0.25, 0.3) is 0 Å². The monoisotopic (exact) mass is 306 g/mol. The summed E-state index contributed by atoms with van der Waals surface area (Å²) >= 11 is 0. The Morgan fingerprint density at radius 1 is 1.14 bits per heavy atom. The fraction of sp³-hybridized carbons (Fsp3) is 0.944. The smallest absolute Gasteiger partial charge is 0.222 e. The van der Waals surface area contributed by atoms with Crippen LogP contribution in [0.2, 0.25) is 0 Å².